The maximum Gasteiger partial charge on any atom is 0.491 e. The van der Waals surface area contributed by atoms with E-state index in [1.165, 1.54) is 37.5 Å². The predicted molar refractivity (Wildman–Crippen MR) is 136 cm³/mol. The largest absolute Gasteiger partial charge is 0.491 e. The molecule has 0 saturated carbocycles. The third-order valence-electron chi connectivity index (χ3n) is 6.09. The molecule has 1 amide bonds. The fourth-order valence-electron chi connectivity index (χ4n) is 4.10. The summed E-state index contributed by atoms with van der Waals surface area (Å²) in [4.78, 5) is 40.9. The number of alkyl halides is 6. The van der Waals surface area contributed by atoms with E-state index in [0.717, 1.165) is 31.5 Å². The Hall–Kier alpha value is -4.41. The molecular formula is C26H25F6N5O6. The second kappa shape index (κ2) is 11.7. The molecule has 1 atom stereocenters. The first-order valence-corrected chi connectivity index (χ1v) is 12.7. The standard InChI is InChI=1S/C26H25F6N5O6/c1-24(2,3)15-7-6-14(19(42-22(39)25(27,28)29)20(15)43-23(40)26(30,31)32)21(38)35-16-12-37-17(34-16)8-9-18(36-37)41-13-5-4-10-33-11-13/h6-9,12-13,33H,4-5,10-11H2,1-3H3,(H,35,38). The van der Waals surface area contributed by atoms with Gasteiger partial charge >= 0.3 is 24.3 Å². The molecule has 0 spiro atoms. The molecule has 1 unspecified atom stereocenters. The number of carbonyl (C=O) groups excluding carboxylic acids is 3. The Morgan fingerprint density at radius 3 is 2.19 bits per heavy atom. The number of fused-ring (bicyclic) bond motifs is 1. The van der Waals surface area contributed by atoms with Gasteiger partial charge < -0.3 is 24.8 Å². The number of carbonyl (C=O) groups is 3. The molecule has 3 aromatic rings. The maximum absolute atomic E-state index is 13.2. The van der Waals surface area contributed by atoms with Gasteiger partial charge in [0, 0.05) is 18.2 Å². The van der Waals surface area contributed by atoms with Gasteiger partial charge in [0.2, 0.25) is 5.88 Å². The highest BCUT2D eigenvalue weighted by Crippen LogP contribution is 2.43. The number of hydrogen-bond donors (Lipinski definition) is 2. The van der Waals surface area contributed by atoms with Gasteiger partial charge in [-0.15, -0.1) is 5.10 Å². The minimum absolute atomic E-state index is 0.115. The molecule has 2 N–H and O–H groups in total. The zero-order valence-electron chi connectivity index (χ0n) is 22.9. The molecule has 1 aliphatic rings. The van der Waals surface area contributed by atoms with Crippen molar-refractivity contribution in [3.63, 3.8) is 0 Å². The van der Waals surface area contributed by atoms with E-state index in [2.05, 4.69) is 30.2 Å². The van der Waals surface area contributed by atoms with Crippen molar-refractivity contribution in [1.29, 1.82) is 0 Å². The van der Waals surface area contributed by atoms with Crippen molar-refractivity contribution in [3.8, 4) is 17.4 Å². The molecule has 1 fully saturated rings. The fraction of sp³-hybridized carbons (Fsp3) is 0.423. The molecule has 43 heavy (non-hydrogen) atoms. The number of benzene rings is 1. The molecule has 0 aliphatic carbocycles. The zero-order valence-corrected chi connectivity index (χ0v) is 22.9. The van der Waals surface area contributed by atoms with Crippen molar-refractivity contribution in [3.05, 3.63) is 41.6 Å². The number of amides is 1. The number of imidazole rings is 1. The van der Waals surface area contributed by atoms with Gasteiger partial charge in [-0.3, -0.25) is 4.79 Å². The summed E-state index contributed by atoms with van der Waals surface area (Å²) in [6, 6.07) is 5.05. The van der Waals surface area contributed by atoms with Crippen molar-refractivity contribution < 1.29 is 54.9 Å². The first kappa shape index (κ1) is 31.5. The van der Waals surface area contributed by atoms with Gasteiger partial charge in [0.25, 0.3) is 5.91 Å². The van der Waals surface area contributed by atoms with Crippen LogP contribution in [0, 0.1) is 0 Å². The molecule has 11 nitrogen and oxygen atoms in total. The number of esters is 2. The van der Waals surface area contributed by atoms with Crippen molar-refractivity contribution in [1.82, 2.24) is 19.9 Å². The molecule has 1 aliphatic heterocycles. The van der Waals surface area contributed by atoms with Crippen LogP contribution in [0.15, 0.2) is 30.5 Å². The summed E-state index contributed by atoms with van der Waals surface area (Å²) < 4.78 is 94.5. The molecular weight excluding hydrogens is 592 g/mol. The van der Waals surface area contributed by atoms with Crippen LogP contribution in [-0.2, 0) is 15.0 Å². The van der Waals surface area contributed by atoms with Gasteiger partial charge in [0.05, 0.1) is 11.8 Å². The number of piperidine rings is 1. The summed E-state index contributed by atoms with van der Waals surface area (Å²) in [6.45, 7) is 5.82. The Balaban J connectivity index is 1.71. The van der Waals surface area contributed by atoms with Crippen LogP contribution >= 0.6 is 0 Å². The number of nitrogens with one attached hydrogen (secondary N) is 2. The normalized spacial score (nSPS) is 16.1. The van der Waals surface area contributed by atoms with E-state index < -0.39 is 52.7 Å². The van der Waals surface area contributed by atoms with Crippen LogP contribution in [0.4, 0.5) is 32.2 Å². The monoisotopic (exact) mass is 617 g/mol. The minimum atomic E-state index is -5.61. The molecule has 232 valence electrons. The van der Waals surface area contributed by atoms with E-state index in [0.29, 0.717) is 6.54 Å². The van der Waals surface area contributed by atoms with Gasteiger partial charge in [0.1, 0.15) is 6.10 Å². The summed E-state index contributed by atoms with van der Waals surface area (Å²) in [5.74, 6) is -9.37. The van der Waals surface area contributed by atoms with Gasteiger partial charge in [-0.25, -0.2) is 19.1 Å². The Morgan fingerprint density at radius 2 is 1.60 bits per heavy atom. The molecule has 0 bridgehead atoms. The first-order chi connectivity index (χ1) is 19.9. The summed E-state index contributed by atoms with van der Waals surface area (Å²) in [6.07, 6.45) is -8.32. The number of nitrogens with zero attached hydrogens (tertiary/aromatic N) is 3. The van der Waals surface area contributed by atoms with E-state index in [1.54, 1.807) is 6.07 Å². The highest BCUT2D eigenvalue weighted by molar-refractivity contribution is 6.07. The maximum atomic E-state index is 13.2. The van der Waals surface area contributed by atoms with E-state index in [-0.39, 0.29) is 29.0 Å². The molecule has 3 heterocycles. The second-order valence-electron chi connectivity index (χ2n) is 10.5. The lowest BCUT2D eigenvalue weighted by atomic mass is 9.85. The van der Waals surface area contributed by atoms with E-state index in [1.807, 2.05) is 0 Å². The number of rotatable bonds is 6. The predicted octanol–water partition coefficient (Wildman–Crippen LogP) is 4.35. The van der Waals surface area contributed by atoms with Crippen molar-refractivity contribution in [2.45, 2.75) is 57.5 Å². The molecule has 4 rings (SSSR count). The molecule has 1 saturated heterocycles. The number of hydrogen-bond acceptors (Lipinski definition) is 9. The molecule has 2 aromatic heterocycles. The Kier molecular flexibility index (Phi) is 8.58. The number of halogens is 6. The second-order valence-corrected chi connectivity index (χ2v) is 10.5. The van der Waals surface area contributed by atoms with Crippen LogP contribution in [0.3, 0.4) is 0 Å². The van der Waals surface area contributed by atoms with Crippen molar-refractivity contribution in [2.24, 2.45) is 0 Å². The molecule has 17 heteroatoms. The third-order valence-corrected chi connectivity index (χ3v) is 6.09. The van der Waals surface area contributed by atoms with Gasteiger partial charge in [-0.2, -0.15) is 26.3 Å². The van der Waals surface area contributed by atoms with Crippen molar-refractivity contribution >= 4 is 29.3 Å². The van der Waals surface area contributed by atoms with Crippen LogP contribution in [0.5, 0.6) is 17.4 Å². The lowest BCUT2D eigenvalue weighted by molar-refractivity contribution is -0.191. The summed E-state index contributed by atoms with van der Waals surface area (Å²) in [7, 11) is 0. The quantitative estimate of drug-likeness (QED) is 0.235. The van der Waals surface area contributed by atoms with Crippen LogP contribution in [-0.4, -0.2) is 64.0 Å². The van der Waals surface area contributed by atoms with Crippen LogP contribution < -0.4 is 24.8 Å². The highest BCUT2D eigenvalue weighted by Gasteiger charge is 2.45. The molecule has 0 radical (unpaired) electrons. The van der Waals surface area contributed by atoms with Crippen molar-refractivity contribution in [2.75, 3.05) is 18.4 Å². The number of ether oxygens (including phenoxy) is 3. The summed E-state index contributed by atoms with van der Waals surface area (Å²) >= 11 is 0. The van der Waals surface area contributed by atoms with E-state index in [9.17, 15) is 40.7 Å². The summed E-state index contributed by atoms with van der Waals surface area (Å²) in [5.41, 5.74) is -2.04. The van der Waals surface area contributed by atoms with Gasteiger partial charge in [-0.05, 0) is 36.9 Å². The molecule has 1 aromatic carbocycles. The topological polar surface area (TPSA) is 133 Å². The van der Waals surface area contributed by atoms with Gasteiger partial charge in [0.15, 0.2) is 23.0 Å². The Bertz CT molecular complexity index is 1540. The lowest BCUT2D eigenvalue weighted by Gasteiger charge is -2.25. The fourth-order valence-corrected chi connectivity index (χ4v) is 4.10. The number of anilines is 1. The smallest absolute Gasteiger partial charge is 0.472 e. The Morgan fingerprint density at radius 1 is 0.953 bits per heavy atom. The minimum Gasteiger partial charge on any atom is -0.472 e. The van der Waals surface area contributed by atoms with E-state index in [4.69, 9.17) is 4.74 Å². The van der Waals surface area contributed by atoms with E-state index >= 15 is 0 Å². The SMILES string of the molecule is CC(C)(C)c1ccc(C(=O)Nc2cn3nc(OC4CCCNC4)ccc3n2)c(OC(=O)C(F)(F)F)c1OC(=O)C(F)(F)F. The average Bonchev–Trinajstić information content (AvgIpc) is 3.29. The first-order valence-electron chi connectivity index (χ1n) is 12.7. The highest BCUT2D eigenvalue weighted by atomic mass is 19.4. The lowest BCUT2D eigenvalue weighted by Crippen LogP contribution is -2.37. The third kappa shape index (κ3) is 7.52. The van der Waals surface area contributed by atoms with Crippen LogP contribution in [0.2, 0.25) is 0 Å². The average molecular weight is 618 g/mol. The Labute approximate surface area is 239 Å². The number of aromatic nitrogens is 3. The zero-order chi connectivity index (χ0) is 31.7. The van der Waals surface area contributed by atoms with Crippen LogP contribution in [0.25, 0.3) is 5.65 Å². The summed E-state index contributed by atoms with van der Waals surface area (Å²) in [5, 5.41) is 9.72. The van der Waals surface area contributed by atoms with Crippen LogP contribution in [0.1, 0.15) is 49.5 Å². The van der Waals surface area contributed by atoms with Gasteiger partial charge in [-0.1, -0.05) is 26.8 Å².